The van der Waals surface area contributed by atoms with Crippen LogP contribution in [0.1, 0.15) is 28.8 Å². The molecule has 4 rings (SSSR count). The van der Waals surface area contributed by atoms with E-state index in [9.17, 15) is 14.9 Å². The highest BCUT2D eigenvalue weighted by Gasteiger charge is 2.22. The van der Waals surface area contributed by atoms with Crippen LogP contribution < -0.4 is 10.6 Å². The van der Waals surface area contributed by atoms with Gasteiger partial charge in [0.05, 0.1) is 35.7 Å². The van der Waals surface area contributed by atoms with E-state index in [-0.39, 0.29) is 24.2 Å². The van der Waals surface area contributed by atoms with E-state index < -0.39 is 5.97 Å². The SMILES string of the molecule is COC(=O)c1ccc(C#N)c(-c2ccc3[nH]nc(NC(=O)[C@@H]4CCCNC4)c3c2)c1.Cl. The molecule has 3 N–H and O–H groups in total. The van der Waals surface area contributed by atoms with Gasteiger partial charge in [0.2, 0.25) is 5.91 Å². The third-order valence-electron chi connectivity index (χ3n) is 5.34. The number of nitrogens with one attached hydrogen (secondary N) is 3. The van der Waals surface area contributed by atoms with Crippen LogP contribution in [0.2, 0.25) is 0 Å². The molecule has 0 bridgehead atoms. The first-order chi connectivity index (χ1) is 14.6. The van der Waals surface area contributed by atoms with Gasteiger partial charge in [-0.15, -0.1) is 12.4 Å². The van der Waals surface area contributed by atoms with Gasteiger partial charge in [-0.1, -0.05) is 6.07 Å². The first-order valence-corrected chi connectivity index (χ1v) is 9.73. The Morgan fingerprint density at radius 1 is 1.26 bits per heavy atom. The number of hydrogen-bond acceptors (Lipinski definition) is 6. The predicted octanol–water partition coefficient (Wildman–Crippen LogP) is 3.25. The zero-order valence-electron chi connectivity index (χ0n) is 16.9. The molecule has 1 aliphatic heterocycles. The average Bonchev–Trinajstić information content (AvgIpc) is 3.20. The maximum atomic E-state index is 12.6. The molecule has 8 nitrogen and oxygen atoms in total. The minimum absolute atomic E-state index is 0. The van der Waals surface area contributed by atoms with Gasteiger partial charge in [-0.2, -0.15) is 10.4 Å². The van der Waals surface area contributed by atoms with E-state index in [0.717, 1.165) is 35.9 Å². The van der Waals surface area contributed by atoms with Gasteiger partial charge in [0.1, 0.15) is 0 Å². The van der Waals surface area contributed by atoms with E-state index >= 15 is 0 Å². The van der Waals surface area contributed by atoms with Gasteiger partial charge in [0, 0.05) is 17.5 Å². The van der Waals surface area contributed by atoms with Gasteiger partial charge in [-0.25, -0.2) is 4.79 Å². The number of carbonyl (C=O) groups is 2. The fourth-order valence-corrected chi connectivity index (χ4v) is 3.70. The number of aromatic nitrogens is 2. The highest BCUT2D eigenvalue weighted by molar-refractivity contribution is 6.02. The van der Waals surface area contributed by atoms with E-state index in [2.05, 4.69) is 26.9 Å². The Hall–Kier alpha value is -3.41. The number of H-pyrrole nitrogens is 1. The van der Waals surface area contributed by atoms with Gasteiger partial charge < -0.3 is 15.4 Å². The Bertz CT molecular complexity index is 1160. The number of nitrogens with zero attached hydrogens (tertiary/aromatic N) is 2. The highest BCUT2D eigenvalue weighted by atomic mass is 35.5. The number of nitriles is 1. The molecule has 1 fully saturated rings. The molecule has 0 spiro atoms. The van der Waals surface area contributed by atoms with Crippen molar-refractivity contribution in [2.45, 2.75) is 12.8 Å². The number of anilines is 1. The molecule has 0 unspecified atom stereocenters. The quantitative estimate of drug-likeness (QED) is 0.537. The lowest BCUT2D eigenvalue weighted by Gasteiger charge is -2.21. The van der Waals surface area contributed by atoms with Gasteiger partial charge >= 0.3 is 5.97 Å². The number of aromatic amines is 1. The average molecular weight is 440 g/mol. The molecule has 1 saturated heterocycles. The van der Waals surface area contributed by atoms with Gasteiger partial charge in [-0.05, 0) is 55.3 Å². The molecule has 2 aromatic carbocycles. The topological polar surface area (TPSA) is 120 Å². The molecule has 160 valence electrons. The van der Waals surface area contributed by atoms with Gasteiger partial charge in [0.15, 0.2) is 5.82 Å². The molecule has 1 atom stereocenters. The second-order valence-electron chi connectivity index (χ2n) is 7.23. The van der Waals surface area contributed by atoms with Crippen LogP contribution in [-0.2, 0) is 9.53 Å². The van der Waals surface area contributed by atoms with E-state index in [4.69, 9.17) is 4.74 Å². The maximum Gasteiger partial charge on any atom is 0.337 e. The van der Waals surface area contributed by atoms with Crippen molar-refractivity contribution < 1.29 is 14.3 Å². The summed E-state index contributed by atoms with van der Waals surface area (Å²) in [4.78, 5) is 24.5. The zero-order valence-corrected chi connectivity index (χ0v) is 17.7. The van der Waals surface area contributed by atoms with E-state index in [1.807, 2.05) is 18.2 Å². The summed E-state index contributed by atoms with van der Waals surface area (Å²) in [5, 5.41) is 23.6. The summed E-state index contributed by atoms with van der Waals surface area (Å²) in [6, 6.07) is 12.5. The minimum Gasteiger partial charge on any atom is -0.465 e. The first-order valence-electron chi connectivity index (χ1n) is 9.73. The number of esters is 1. The maximum absolute atomic E-state index is 12.6. The summed E-state index contributed by atoms with van der Waals surface area (Å²) in [7, 11) is 1.31. The number of benzene rings is 2. The number of methoxy groups -OCH3 is 1. The molecule has 0 radical (unpaired) electrons. The fraction of sp³-hybridized carbons (Fsp3) is 0.273. The number of hydrogen-bond donors (Lipinski definition) is 3. The van der Waals surface area contributed by atoms with Crippen molar-refractivity contribution >= 4 is 41.0 Å². The highest BCUT2D eigenvalue weighted by Crippen LogP contribution is 2.30. The Labute approximate surface area is 185 Å². The van der Waals surface area contributed by atoms with Gasteiger partial charge in [0.25, 0.3) is 0 Å². The summed E-state index contributed by atoms with van der Waals surface area (Å²) in [6.07, 6.45) is 1.81. The molecule has 0 saturated carbocycles. The van der Waals surface area contributed by atoms with Crippen LogP contribution in [0.15, 0.2) is 36.4 Å². The number of ether oxygens (including phenoxy) is 1. The van der Waals surface area contributed by atoms with Crippen molar-refractivity contribution in [3.63, 3.8) is 0 Å². The Morgan fingerprint density at radius 3 is 2.81 bits per heavy atom. The first kappa shape index (κ1) is 22.3. The van der Waals surface area contributed by atoms with Crippen molar-refractivity contribution in [1.82, 2.24) is 15.5 Å². The Kier molecular flexibility index (Phi) is 6.90. The van der Waals surface area contributed by atoms with Crippen LogP contribution in [0, 0.1) is 17.2 Å². The molecule has 3 aromatic rings. The van der Waals surface area contributed by atoms with Crippen LogP contribution in [0.25, 0.3) is 22.0 Å². The van der Waals surface area contributed by atoms with Crippen molar-refractivity contribution in [2.75, 3.05) is 25.5 Å². The predicted molar refractivity (Wildman–Crippen MR) is 119 cm³/mol. The zero-order chi connectivity index (χ0) is 21.1. The number of amides is 1. The van der Waals surface area contributed by atoms with E-state index in [0.29, 0.717) is 29.1 Å². The van der Waals surface area contributed by atoms with Crippen LogP contribution in [0.3, 0.4) is 0 Å². The third kappa shape index (κ3) is 4.53. The lowest BCUT2D eigenvalue weighted by atomic mass is 9.96. The number of rotatable bonds is 4. The summed E-state index contributed by atoms with van der Waals surface area (Å²) in [5.41, 5.74) is 2.90. The monoisotopic (exact) mass is 439 g/mol. The third-order valence-corrected chi connectivity index (χ3v) is 5.34. The standard InChI is InChI=1S/C22H21N5O3.ClH/c1-30-22(29)14-4-5-15(11-23)17(10-14)13-6-7-19-18(9-13)20(27-26-19)25-21(28)16-3-2-8-24-12-16;/h4-7,9-10,16,24H,2-3,8,12H2,1H3,(H2,25,26,27,28);1H/t16-;/m1./s1. The van der Waals surface area contributed by atoms with Crippen LogP contribution >= 0.6 is 12.4 Å². The second-order valence-corrected chi connectivity index (χ2v) is 7.23. The molecule has 0 aliphatic carbocycles. The van der Waals surface area contributed by atoms with Crippen molar-refractivity contribution in [3.05, 3.63) is 47.5 Å². The number of halogens is 1. The summed E-state index contributed by atoms with van der Waals surface area (Å²) in [6.45, 7) is 1.59. The normalized spacial score (nSPS) is 15.5. The van der Waals surface area contributed by atoms with Crippen LogP contribution in [0.5, 0.6) is 0 Å². The van der Waals surface area contributed by atoms with Crippen molar-refractivity contribution in [1.29, 1.82) is 5.26 Å². The molecule has 1 amide bonds. The number of fused-ring (bicyclic) bond motifs is 1. The second kappa shape index (κ2) is 9.60. The minimum atomic E-state index is -0.473. The molecular formula is C22H22ClN5O3. The molecule has 9 heteroatoms. The lowest BCUT2D eigenvalue weighted by molar-refractivity contribution is -0.120. The van der Waals surface area contributed by atoms with Crippen LogP contribution in [-0.4, -0.2) is 42.3 Å². The molecular weight excluding hydrogens is 418 g/mol. The van der Waals surface area contributed by atoms with Gasteiger partial charge in [-0.3, -0.25) is 9.89 Å². The molecule has 1 aliphatic rings. The molecule has 1 aromatic heterocycles. The summed E-state index contributed by atoms with van der Waals surface area (Å²) >= 11 is 0. The lowest BCUT2D eigenvalue weighted by Crippen LogP contribution is -2.37. The van der Waals surface area contributed by atoms with Crippen molar-refractivity contribution in [3.8, 4) is 17.2 Å². The molecule has 31 heavy (non-hydrogen) atoms. The Morgan fingerprint density at radius 2 is 2.10 bits per heavy atom. The number of piperidine rings is 1. The van der Waals surface area contributed by atoms with Crippen LogP contribution in [0.4, 0.5) is 5.82 Å². The number of carbonyl (C=O) groups excluding carboxylic acids is 2. The smallest absolute Gasteiger partial charge is 0.337 e. The van der Waals surface area contributed by atoms with E-state index in [1.54, 1.807) is 18.2 Å². The fourth-order valence-electron chi connectivity index (χ4n) is 3.70. The Balaban J connectivity index is 0.00000272. The van der Waals surface area contributed by atoms with E-state index in [1.165, 1.54) is 7.11 Å². The molecule has 2 heterocycles. The van der Waals surface area contributed by atoms with Crippen molar-refractivity contribution in [2.24, 2.45) is 5.92 Å². The summed E-state index contributed by atoms with van der Waals surface area (Å²) < 4.78 is 4.79. The summed E-state index contributed by atoms with van der Waals surface area (Å²) in [5.74, 6) is -0.175. The largest absolute Gasteiger partial charge is 0.465 e.